The molecule has 0 aliphatic carbocycles. The number of aromatic nitrogens is 1. The fourth-order valence-electron chi connectivity index (χ4n) is 4.53. The second-order valence-electron chi connectivity index (χ2n) is 8.92. The number of nitriles is 1. The third kappa shape index (κ3) is 5.48. The maximum atomic E-state index is 10.2. The Morgan fingerprint density at radius 2 is 1.51 bits per heavy atom. The molecule has 0 N–H and O–H groups in total. The summed E-state index contributed by atoms with van der Waals surface area (Å²) >= 11 is 5.74. The minimum absolute atomic E-state index is 0.451. The lowest BCUT2D eigenvalue weighted by Crippen LogP contribution is -2.03. The summed E-state index contributed by atoms with van der Waals surface area (Å²) in [7, 11) is 0. The summed E-state index contributed by atoms with van der Waals surface area (Å²) in [6, 6.07) is 34.9. The molecule has 5 heteroatoms. The summed E-state index contributed by atoms with van der Waals surface area (Å²) in [5.41, 5.74) is 6.94. The minimum atomic E-state index is 0.451. The van der Waals surface area contributed by atoms with E-state index in [4.69, 9.17) is 21.1 Å². The van der Waals surface area contributed by atoms with Crippen molar-refractivity contribution in [3.05, 3.63) is 119 Å². The summed E-state index contributed by atoms with van der Waals surface area (Å²) in [5.74, 6) is 2.03. The summed E-state index contributed by atoms with van der Waals surface area (Å²) in [4.78, 5) is 0. The Kier molecular flexibility index (Phi) is 7.44. The molecule has 184 valence electrons. The topological polar surface area (TPSA) is 47.2 Å². The van der Waals surface area contributed by atoms with Crippen LogP contribution in [-0.2, 0) is 13.2 Å². The number of hydrogen-bond donors (Lipinski definition) is 0. The molecule has 0 aliphatic heterocycles. The highest BCUT2D eigenvalue weighted by Crippen LogP contribution is 2.35. The average Bonchev–Trinajstić information content (AvgIpc) is 3.24. The number of fused-ring (bicyclic) bond motifs is 1. The molecule has 4 aromatic carbocycles. The second-order valence-corrected chi connectivity index (χ2v) is 9.30. The van der Waals surface area contributed by atoms with Crippen molar-refractivity contribution in [3.8, 4) is 28.8 Å². The SMILES string of the molecule is Cc1ccc2c(c1)c(C#N)c(-c1ccc(OCc3ccccc3)cc1)n2Cc1ccc(OCCCl)cc1. The third-order valence-corrected chi connectivity index (χ3v) is 6.47. The Labute approximate surface area is 222 Å². The van der Waals surface area contributed by atoms with E-state index in [0.717, 1.165) is 50.3 Å². The van der Waals surface area contributed by atoms with E-state index in [1.807, 2.05) is 66.7 Å². The van der Waals surface area contributed by atoms with Gasteiger partial charge in [-0.1, -0.05) is 54.1 Å². The molecule has 0 aliphatic rings. The summed E-state index contributed by atoms with van der Waals surface area (Å²) in [6.45, 7) is 3.66. The Morgan fingerprint density at radius 3 is 2.22 bits per heavy atom. The van der Waals surface area contributed by atoms with Crippen molar-refractivity contribution in [3.63, 3.8) is 0 Å². The van der Waals surface area contributed by atoms with E-state index in [-0.39, 0.29) is 0 Å². The van der Waals surface area contributed by atoms with E-state index in [1.54, 1.807) is 0 Å². The van der Waals surface area contributed by atoms with Crippen LogP contribution in [0.4, 0.5) is 0 Å². The second kappa shape index (κ2) is 11.2. The van der Waals surface area contributed by atoms with Crippen molar-refractivity contribution in [2.24, 2.45) is 0 Å². The smallest absolute Gasteiger partial charge is 0.119 e. The van der Waals surface area contributed by atoms with E-state index in [1.165, 1.54) is 0 Å². The van der Waals surface area contributed by atoms with Crippen LogP contribution in [-0.4, -0.2) is 17.1 Å². The number of hydrogen-bond acceptors (Lipinski definition) is 3. The minimum Gasteiger partial charge on any atom is -0.492 e. The molecule has 0 amide bonds. The standard InChI is InChI=1S/C32H27ClN2O2/c1-23-7-16-31-29(19-23)30(20-34)32(35(31)21-24-8-12-27(13-9-24)36-18-17-33)26-10-14-28(15-11-26)37-22-25-5-3-2-4-6-25/h2-16,19H,17-18,21-22H2,1H3. The van der Waals surface area contributed by atoms with Crippen molar-refractivity contribution in [2.45, 2.75) is 20.1 Å². The summed E-state index contributed by atoms with van der Waals surface area (Å²) in [5, 5.41) is 11.2. The normalized spacial score (nSPS) is 10.8. The first-order chi connectivity index (χ1) is 18.2. The van der Waals surface area contributed by atoms with Crippen molar-refractivity contribution in [1.29, 1.82) is 5.26 Å². The summed E-state index contributed by atoms with van der Waals surface area (Å²) in [6.07, 6.45) is 0. The molecule has 1 aromatic heterocycles. The lowest BCUT2D eigenvalue weighted by molar-refractivity contribution is 0.306. The molecule has 5 rings (SSSR count). The molecular formula is C32H27ClN2O2. The molecule has 0 fully saturated rings. The highest BCUT2D eigenvalue weighted by Gasteiger charge is 2.19. The van der Waals surface area contributed by atoms with Gasteiger partial charge in [-0.15, -0.1) is 11.6 Å². The zero-order valence-electron chi connectivity index (χ0n) is 20.7. The van der Waals surface area contributed by atoms with Crippen LogP contribution in [0.5, 0.6) is 11.5 Å². The lowest BCUT2D eigenvalue weighted by Gasteiger charge is -2.13. The van der Waals surface area contributed by atoms with Crippen LogP contribution in [0.25, 0.3) is 22.2 Å². The van der Waals surface area contributed by atoms with Gasteiger partial charge in [0.1, 0.15) is 30.8 Å². The van der Waals surface area contributed by atoms with E-state index >= 15 is 0 Å². The van der Waals surface area contributed by atoms with Gasteiger partial charge in [-0.3, -0.25) is 0 Å². The van der Waals surface area contributed by atoms with Gasteiger partial charge in [-0.25, -0.2) is 0 Å². The first kappa shape index (κ1) is 24.5. The predicted octanol–water partition coefficient (Wildman–Crippen LogP) is 7.73. The van der Waals surface area contributed by atoms with Crippen LogP contribution >= 0.6 is 11.6 Å². The first-order valence-electron chi connectivity index (χ1n) is 12.2. The molecule has 0 bridgehead atoms. The maximum absolute atomic E-state index is 10.2. The predicted molar refractivity (Wildman–Crippen MR) is 149 cm³/mol. The Balaban J connectivity index is 1.50. The molecule has 0 saturated carbocycles. The zero-order chi connectivity index (χ0) is 25.6. The van der Waals surface area contributed by atoms with Crippen LogP contribution in [0, 0.1) is 18.3 Å². The monoisotopic (exact) mass is 506 g/mol. The highest BCUT2D eigenvalue weighted by atomic mass is 35.5. The Morgan fingerprint density at radius 1 is 0.811 bits per heavy atom. The molecule has 0 unspecified atom stereocenters. The quantitative estimate of drug-likeness (QED) is 0.192. The van der Waals surface area contributed by atoms with Gasteiger partial charge >= 0.3 is 0 Å². The van der Waals surface area contributed by atoms with Crippen LogP contribution in [0.15, 0.2) is 97.1 Å². The van der Waals surface area contributed by atoms with E-state index in [2.05, 4.69) is 47.9 Å². The molecule has 5 aromatic rings. The molecule has 0 atom stereocenters. The average molecular weight is 507 g/mol. The van der Waals surface area contributed by atoms with Gasteiger partial charge < -0.3 is 14.0 Å². The number of nitrogens with zero attached hydrogens (tertiary/aromatic N) is 2. The molecule has 0 radical (unpaired) electrons. The third-order valence-electron chi connectivity index (χ3n) is 6.32. The first-order valence-corrected chi connectivity index (χ1v) is 12.8. The van der Waals surface area contributed by atoms with Crippen LogP contribution in [0.2, 0.25) is 0 Å². The number of rotatable bonds is 9. The van der Waals surface area contributed by atoms with Gasteiger partial charge in [0.2, 0.25) is 0 Å². The van der Waals surface area contributed by atoms with Gasteiger partial charge in [0.15, 0.2) is 0 Å². The van der Waals surface area contributed by atoms with Crippen molar-refractivity contribution < 1.29 is 9.47 Å². The van der Waals surface area contributed by atoms with E-state index in [9.17, 15) is 5.26 Å². The van der Waals surface area contributed by atoms with Crippen LogP contribution in [0.3, 0.4) is 0 Å². The molecule has 37 heavy (non-hydrogen) atoms. The number of halogens is 1. The van der Waals surface area contributed by atoms with E-state index in [0.29, 0.717) is 31.2 Å². The number of ether oxygens (including phenoxy) is 2. The van der Waals surface area contributed by atoms with Gasteiger partial charge in [-0.2, -0.15) is 5.26 Å². The van der Waals surface area contributed by atoms with Gasteiger partial charge in [0.05, 0.1) is 22.7 Å². The fourth-order valence-corrected chi connectivity index (χ4v) is 4.60. The molecular weight excluding hydrogens is 480 g/mol. The van der Waals surface area contributed by atoms with Crippen molar-refractivity contribution in [2.75, 3.05) is 12.5 Å². The van der Waals surface area contributed by atoms with E-state index < -0.39 is 0 Å². The van der Waals surface area contributed by atoms with Gasteiger partial charge in [0, 0.05) is 11.9 Å². The summed E-state index contributed by atoms with van der Waals surface area (Å²) < 4.78 is 13.8. The highest BCUT2D eigenvalue weighted by molar-refractivity contribution is 6.18. The maximum Gasteiger partial charge on any atom is 0.119 e. The molecule has 1 heterocycles. The van der Waals surface area contributed by atoms with Gasteiger partial charge in [-0.05, 0) is 72.1 Å². The molecule has 0 spiro atoms. The zero-order valence-corrected chi connectivity index (χ0v) is 21.4. The molecule has 4 nitrogen and oxygen atoms in total. The van der Waals surface area contributed by atoms with Crippen LogP contribution in [0.1, 0.15) is 22.3 Å². The fraction of sp³-hybridized carbons (Fsp3) is 0.156. The van der Waals surface area contributed by atoms with Gasteiger partial charge in [0.25, 0.3) is 0 Å². The lowest BCUT2D eigenvalue weighted by atomic mass is 10.0. The van der Waals surface area contributed by atoms with Crippen LogP contribution < -0.4 is 9.47 Å². The molecule has 0 saturated heterocycles. The number of aryl methyl sites for hydroxylation is 1. The largest absolute Gasteiger partial charge is 0.492 e. The van der Waals surface area contributed by atoms with Crippen molar-refractivity contribution in [1.82, 2.24) is 4.57 Å². The Hall–Kier alpha value is -4.20. The van der Waals surface area contributed by atoms with Crippen molar-refractivity contribution >= 4 is 22.5 Å². The number of alkyl halides is 1. The Bertz CT molecular complexity index is 1530. The number of benzene rings is 4.